The Balaban J connectivity index is 1.32. The van der Waals surface area contributed by atoms with Gasteiger partial charge in [-0.05, 0) is 44.1 Å². The van der Waals surface area contributed by atoms with E-state index in [9.17, 15) is 4.79 Å². The third-order valence-corrected chi connectivity index (χ3v) is 6.23. The summed E-state index contributed by atoms with van der Waals surface area (Å²) in [4.78, 5) is 23.4. The summed E-state index contributed by atoms with van der Waals surface area (Å²) in [7, 11) is 0. The third kappa shape index (κ3) is 3.24. The first-order valence-electron chi connectivity index (χ1n) is 9.58. The largest absolute Gasteiger partial charge is 0.381 e. The summed E-state index contributed by atoms with van der Waals surface area (Å²) in [6.45, 7) is 5.19. The first-order valence-corrected chi connectivity index (χ1v) is 9.58. The predicted molar refractivity (Wildman–Crippen MR) is 94.2 cm³/mol. The third-order valence-electron chi connectivity index (χ3n) is 6.23. The first kappa shape index (κ1) is 16.8. The molecule has 136 valence electrons. The van der Waals surface area contributed by atoms with Crippen LogP contribution in [0.15, 0.2) is 12.4 Å². The van der Waals surface area contributed by atoms with E-state index in [0.717, 1.165) is 44.0 Å². The molecule has 1 aromatic heterocycles. The highest BCUT2D eigenvalue weighted by molar-refractivity contribution is 5.76. The van der Waals surface area contributed by atoms with E-state index in [1.165, 1.54) is 19.3 Å². The maximum absolute atomic E-state index is 12.7. The molecule has 3 fully saturated rings. The molecule has 1 spiro atoms. The number of carbonyl (C=O) groups is 1. The molecule has 6 heteroatoms. The molecular formula is C19H28N4O2. The molecule has 1 aromatic rings. The molecule has 6 nitrogen and oxygen atoms in total. The number of likely N-dealkylation sites (tertiary alicyclic amines) is 1. The van der Waals surface area contributed by atoms with Crippen molar-refractivity contribution in [3.63, 3.8) is 0 Å². The van der Waals surface area contributed by atoms with Crippen LogP contribution in [0.25, 0.3) is 0 Å². The molecule has 25 heavy (non-hydrogen) atoms. The van der Waals surface area contributed by atoms with Crippen molar-refractivity contribution in [2.24, 2.45) is 11.3 Å². The summed E-state index contributed by atoms with van der Waals surface area (Å²) in [5.41, 5.74) is 1.47. The fourth-order valence-corrected chi connectivity index (χ4v) is 4.75. The van der Waals surface area contributed by atoms with Crippen molar-refractivity contribution < 1.29 is 9.53 Å². The number of amides is 2. The molecule has 2 saturated heterocycles. The van der Waals surface area contributed by atoms with E-state index in [4.69, 9.17) is 4.74 Å². The smallest absolute Gasteiger partial charge is 0.317 e. The summed E-state index contributed by atoms with van der Waals surface area (Å²) in [5.74, 6) is 1.39. The Morgan fingerprint density at radius 3 is 2.68 bits per heavy atom. The summed E-state index contributed by atoms with van der Waals surface area (Å²) in [6.07, 6.45) is 10.4. The van der Waals surface area contributed by atoms with Gasteiger partial charge in [-0.2, -0.15) is 0 Å². The number of nitrogens with one attached hydrogen (secondary N) is 1. The highest BCUT2D eigenvalue weighted by Gasteiger charge is 2.59. The fourth-order valence-electron chi connectivity index (χ4n) is 4.75. The van der Waals surface area contributed by atoms with Gasteiger partial charge < -0.3 is 15.0 Å². The quantitative estimate of drug-likeness (QED) is 0.910. The van der Waals surface area contributed by atoms with Crippen LogP contribution in [0.4, 0.5) is 4.79 Å². The number of aryl methyl sites for hydroxylation is 1. The van der Waals surface area contributed by atoms with Crippen LogP contribution in [-0.2, 0) is 11.2 Å². The predicted octanol–water partition coefficient (Wildman–Crippen LogP) is 2.32. The van der Waals surface area contributed by atoms with Gasteiger partial charge >= 0.3 is 6.03 Å². The van der Waals surface area contributed by atoms with Gasteiger partial charge in [-0.3, -0.25) is 0 Å². The monoisotopic (exact) mass is 344 g/mol. The lowest BCUT2D eigenvalue weighted by Crippen LogP contribution is -2.72. The molecule has 0 aromatic carbocycles. The van der Waals surface area contributed by atoms with Crippen molar-refractivity contribution in [2.75, 3.05) is 26.3 Å². The lowest BCUT2D eigenvalue weighted by Gasteiger charge is -2.64. The number of hydrogen-bond donors (Lipinski definition) is 1. The van der Waals surface area contributed by atoms with Gasteiger partial charge in [-0.25, -0.2) is 14.8 Å². The van der Waals surface area contributed by atoms with Crippen molar-refractivity contribution in [3.05, 3.63) is 23.8 Å². The van der Waals surface area contributed by atoms with E-state index in [-0.39, 0.29) is 6.03 Å². The Morgan fingerprint density at radius 2 is 2.04 bits per heavy atom. The molecule has 2 aliphatic heterocycles. The van der Waals surface area contributed by atoms with Gasteiger partial charge in [0, 0.05) is 56.6 Å². The van der Waals surface area contributed by atoms with E-state index in [0.29, 0.717) is 30.3 Å². The molecule has 0 bridgehead atoms. The number of rotatable bonds is 4. The van der Waals surface area contributed by atoms with Gasteiger partial charge in [0.1, 0.15) is 5.82 Å². The molecule has 4 rings (SSSR count). The summed E-state index contributed by atoms with van der Waals surface area (Å²) in [6, 6.07) is 0.502. The number of ether oxygens (including phenoxy) is 1. The Morgan fingerprint density at radius 1 is 1.32 bits per heavy atom. The molecule has 0 radical (unpaired) electrons. The number of carbonyl (C=O) groups excluding carboxylic acids is 1. The number of hydrogen-bond acceptors (Lipinski definition) is 4. The summed E-state index contributed by atoms with van der Waals surface area (Å²) >= 11 is 0. The second-order valence-corrected chi connectivity index (χ2v) is 7.90. The molecule has 1 unspecified atom stereocenters. The second-order valence-electron chi connectivity index (χ2n) is 7.90. The van der Waals surface area contributed by atoms with Crippen LogP contribution in [0, 0.1) is 18.3 Å². The molecular weight excluding hydrogens is 316 g/mol. The van der Waals surface area contributed by atoms with Crippen LogP contribution >= 0.6 is 0 Å². The van der Waals surface area contributed by atoms with Crippen LogP contribution in [0.5, 0.6) is 0 Å². The highest BCUT2D eigenvalue weighted by atomic mass is 16.5. The maximum Gasteiger partial charge on any atom is 0.317 e. The highest BCUT2D eigenvalue weighted by Crippen LogP contribution is 2.56. The Bertz CT molecular complexity index is 608. The van der Waals surface area contributed by atoms with Gasteiger partial charge in [-0.1, -0.05) is 6.42 Å². The zero-order valence-corrected chi connectivity index (χ0v) is 15.0. The summed E-state index contributed by atoms with van der Waals surface area (Å²) in [5, 5.41) is 3.08. The van der Waals surface area contributed by atoms with E-state index in [1.807, 2.05) is 19.3 Å². The van der Waals surface area contributed by atoms with E-state index < -0.39 is 0 Å². The number of aromatic nitrogens is 2. The van der Waals surface area contributed by atoms with Crippen LogP contribution in [0.1, 0.15) is 43.5 Å². The molecule has 2 amide bonds. The molecule has 1 N–H and O–H groups in total. The lowest BCUT2D eigenvalue weighted by molar-refractivity contribution is -0.137. The van der Waals surface area contributed by atoms with Gasteiger partial charge in [0.15, 0.2) is 0 Å². The maximum atomic E-state index is 12.7. The van der Waals surface area contributed by atoms with Gasteiger partial charge in [0.25, 0.3) is 0 Å². The fraction of sp³-hybridized carbons (Fsp3) is 0.737. The zero-order chi connectivity index (χ0) is 17.3. The molecule has 1 atom stereocenters. The topological polar surface area (TPSA) is 67.4 Å². The van der Waals surface area contributed by atoms with Crippen LogP contribution in [0.2, 0.25) is 0 Å². The van der Waals surface area contributed by atoms with Gasteiger partial charge in [0.2, 0.25) is 0 Å². The van der Waals surface area contributed by atoms with Crippen molar-refractivity contribution in [1.82, 2.24) is 20.2 Å². The first-order chi connectivity index (χ1) is 12.2. The van der Waals surface area contributed by atoms with Gasteiger partial charge in [-0.15, -0.1) is 0 Å². The van der Waals surface area contributed by atoms with Crippen LogP contribution < -0.4 is 5.32 Å². The number of nitrogens with zero attached hydrogens (tertiary/aromatic N) is 3. The van der Waals surface area contributed by atoms with Crippen molar-refractivity contribution in [2.45, 2.75) is 51.5 Å². The van der Waals surface area contributed by atoms with E-state index in [2.05, 4.69) is 20.2 Å². The normalized spacial score (nSPS) is 25.3. The average molecular weight is 344 g/mol. The molecule has 3 heterocycles. The summed E-state index contributed by atoms with van der Waals surface area (Å²) < 4.78 is 5.52. The number of urea groups is 1. The minimum atomic E-state index is 0.0844. The van der Waals surface area contributed by atoms with Crippen LogP contribution in [-0.4, -0.2) is 53.2 Å². The van der Waals surface area contributed by atoms with Crippen LogP contribution in [0.3, 0.4) is 0 Å². The molecule has 3 aliphatic rings. The Hall–Kier alpha value is -1.69. The standard InChI is InChI=1S/C19H28N4O2/c1-14-11-21-16(22-12-14)3-8-20-18(24)23-13-19(6-2-7-19)17(23)15-4-9-25-10-5-15/h11-12,15,17H,2-10,13H2,1H3,(H,20,24). The van der Waals surface area contributed by atoms with Crippen molar-refractivity contribution in [3.8, 4) is 0 Å². The molecule has 1 saturated carbocycles. The zero-order valence-electron chi connectivity index (χ0n) is 15.0. The van der Waals surface area contributed by atoms with Crippen molar-refractivity contribution >= 4 is 6.03 Å². The Kier molecular flexibility index (Phi) is 4.63. The lowest BCUT2D eigenvalue weighted by atomic mass is 9.54. The average Bonchev–Trinajstić information content (AvgIpc) is 2.55. The molecule has 1 aliphatic carbocycles. The van der Waals surface area contributed by atoms with E-state index in [1.54, 1.807) is 0 Å². The van der Waals surface area contributed by atoms with Crippen molar-refractivity contribution in [1.29, 1.82) is 0 Å². The van der Waals surface area contributed by atoms with E-state index >= 15 is 0 Å². The SMILES string of the molecule is Cc1cnc(CCNC(=O)N2CC3(CCC3)C2C2CCOCC2)nc1. The minimum absolute atomic E-state index is 0.0844. The second kappa shape index (κ2) is 6.90. The minimum Gasteiger partial charge on any atom is -0.381 e. The Labute approximate surface area is 149 Å². The van der Waals surface area contributed by atoms with Gasteiger partial charge in [0.05, 0.1) is 0 Å².